The van der Waals surface area contributed by atoms with Crippen LogP contribution >= 0.6 is 38.0 Å². The molecule has 0 rings (SSSR count). The zero-order valence-corrected chi connectivity index (χ0v) is 38.2. The average Bonchev–Trinajstić information content (AvgIpc) is 2.95. The third-order valence-corrected chi connectivity index (χ3v) is 23.6. The van der Waals surface area contributed by atoms with Crippen LogP contribution in [0.4, 0.5) is 0 Å². The van der Waals surface area contributed by atoms with E-state index >= 15 is 0 Å². The monoisotopic (exact) mass is 925 g/mol. The van der Waals surface area contributed by atoms with E-state index in [2.05, 4.69) is 5.32 Å². The van der Waals surface area contributed by atoms with Crippen LogP contribution in [0.25, 0.3) is 0 Å². The Bertz CT molecular complexity index is 1200. The lowest BCUT2D eigenvalue weighted by atomic mass is 10.4. The van der Waals surface area contributed by atoms with Crippen molar-refractivity contribution < 1.29 is 93.3 Å². The summed E-state index contributed by atoms with van der Waals surface area (Å²) in [6, 6.07) is 0.763. The molecule has 320 valence electrons. The molecule has 0 spiro atoms. The quantitative estimate of drug-likeness (QED) is 0.0257. The molecule has 53 heavy (non-hydrogen) atoms. The smallest absolute Gasteiger partial charge is 0.416 e. The fourth-order valence-electron chi connectivity index (χ4n) is 5.39. The normalized spacial score (nSPS) is 15.4. The molecule has 31 heteroatoms. The minimum Gasteiger partial charge on any atom is -0.416 e. The molecule has 0 aliphatic carbocycles. The highest BCUT2D eigenvalue weighted by molar-refractivity contribution is 7.53. The van der Waals surface area contributed by atoms with E-state index in [-0.39, 0.29) is 57.0 Å². The van der Waals surface area contributed by atoms with Gasteiger partial charge in [-0.25, -0.2) is 0 Å². The molecule has 0 aromatic heterocycles. The second kappa shape index (κ2) is 23.6. The third kappa shape index (κ3) is 27.4. The van der Waals surface area contributed by atoms with E-state index in [0.717, 1.165) is 16.2 Å². The summed E-state index contributed by atoms with van der Waals surface area (Å²) >= 11 is 0. The van der Waals surface area contributed by atoms with Gasteiger partial charge in [-0.05, 0) is 64.0 Å². The summed E-state index contributed by atoms with van der Waals surface area (Å²) < 4.78 is 89.6. The number of unbranched alkanes of at least 4 members (excludes halogenated alkanes) is 1. The van der Waals surface area contributed by atoms with Crippen molar-refractivity contribution in [2.75, 3.05) is 72.4 Å². The fourth-order valence-corrected chi connectivity index (χ4v) is 22.3. The van der Waals surface area contributed by atoms with Crippen LogP contribution in [0.5, 0.6) is 0 Å². The van der Waals surface area contributed by atoms with Crippen LogP contribution < -0.4 is 5.32 Å². The van der Waals surface area contributed by atoms with Gasteiger partial charge in [0, 0.05) is 33.4 Å². The summed E-state index contributed by atoms with van der Waals surface area (Å²) in [5.74, 6) is 0. The van der Waals surface area contributed by atoms with Gasteiger partial charge in [0.25, 0.3) is 0 Å². The number of nitrogens with one attached hydrogen (secondary N) is 1. The van der Waals surface area contributed by atoms with Crippen LogP contribution in [0.2, 0.25) is 30.7 Å². The first kappa shape index (κ1) is 54.1. The maximum atomic E-state index is 11.8. The van der Waals surface area contributed by atoms with Crippen LogP contribution in [0.1, 0.15) is 39.0 Å². The lowest BCUT2D eigenvalue weighted by Crippen LogP contribution is -2.61. The number of hydrogen-bond donors (Lipinski definition) is 11. The van der Waals surface area contributed by atoms with Crippen LogP contribution in [0.3, 0.4) is 0 Å². The molecule has 0 aliphatic heterocycles. The Kier molecular flexibility index (Phi) is 24.1. The molecule has 11 N–H and O–H groups in total. The van der Waals surface area contributed by atoms with Gasteiger partial charge in [0.1, 0.15) is 25.1 Å². The molecule has 0 saturated heterocycles. The van der Waals surface area contributed by atoms with Gasteiger partial charge >= 0.3 is 55.6 Å². The van der Waals surface area contributed by atoms with Crippen molar-refractivity contribution in [1.29, 1.82) is 0 Å². The Labute approximate surface area is 313 Å². The Morgan fingerprint density at radius 3 is 1.23 bits per heavy atom. The molecular weight excluding hydrogens is 865 g/mol. The van der Waals surface area contributed by atoms with Crippen LogP contribution in [-0.4, -0.2) is 157 Å². The highest BCUT2D eigenvalue weighted by Gasteiger charge is 2.54. The second-order valence-corrected chi connectivity index (χ2v) is 31.5. The van der Waals surface area contributed by atoms with Gasteiger partial charge in [0.15, 0.2) is 8.32 Å². The van der Waals surface area contributed by atoms with Crippen LogP contribution in [0, 0.1) is 0 Å². The van der Waals surface area contributed by atoms with E-state index in [1.165, 1.54) is 21.3 Å². The molecule has 0 heterocycles. The molecule has 0 aliphatic rings. The first-order chi connectivity index (χ1) is 23.9. The first-order valence-corrected chi connectivity index (χ1v) is 32.0. The molecule has 0 radical (unpaired) electrons. The minimum absolute atomic E-state index is 0.0823. The lowest BCUT2D eigenvalue weighted by Gasteiger charge is -2.42. The zero-order valence-electron chi connectivity index (χ0n) is 30.7. The SMILES string of the molecule is CCCC[Si](OC)(OC)O[Si](CCCNCP(=O)(O)O)(OC)O[Si](C)(CCCN(CP(=O)(O)O)CP(=O)(O)O)CCCN(CP(=O)(O)O)CP(=O)(O)O. The summed E-state index contributed by atoms with van der Waals surface area (Å²) in [5, 5.41) is 2.66. The molecule has 0 aromatic carbocycles. The van der Waals surface area contributed by atoms with Gasteiger partial charge in [0.05, 0.1) is 6.29 Å². The predicted molar refractivity (Wildman–Crippen MR) is 200 cm³/mol. The Balaban J connectivity index is 6.80. The predicted octanol–water partition coefficient (Wildman–Crippen LogP) is 1.25. The summed E-state index contributed by atoms with van der Waals surface area (Å²) in [6.45, 7) is 3.43. The zero-order chi connectivity index (χ0) is 41.4. The molecule has 23 nitrogen and oxygen atoms in total. The number of nitrogens with zero attached hydrogens (tertiary/aromatic N) is 2. The van der Waals surface area contributed by atoms with E-state index < -0.39 is 95.3 Å². The third-order valence-electron chi connectivity index (χ3n) is 7.53. The Morgan fingerprint density at radius 1 is 0.528 bits per heavy atom. The molecule has 0 amide bonds. The maximum absolute atomic E-state index is 11.8. The Morgan fingerprint density at radius 2 is 0.906 bits per heavy atom. The van der Waals surface area contributed by atoms with Crippen molar-refractivity contribution >= 4 is 63.9 Å². The minimum atomic E-state index is -4.74. The van der Waals surface area contributed by atoms with Gasteiger partial charge in [-0.15, -0.1) is 0 Å². The molecule has 0 bridgehead atoms. The van der Waals surface area contributed by atoms with Gasteiger partial charge in [-0.2, -0.15) is 0 Å². The summed E-state index contributed by atoms with van der Waals surface area (Å²) in [6.07, 6.45) is -2.55. The van der Waals surface area contributed by atoms with E-state index in [9.17, 15) is 71.8 Å². The van der Waals surface area contributed by atoms with Gasteiger partial charge < -0.3 is 75.8 Å². The topological polar surface area (TPSA) is 352 Å². The lowest BCUT2D eigenvalue weighted by molar-refractivity contribution is 0.102. The van der Waals surface area contributed by atoms with Crippen molar-refractivity contribution in [3.05, 3.63) is 0 Å². The van der Waals surface area contributed by atoms with Crippen molar-refractivity contribution in [3.8, 4) is 0 Å². The van der Waals surface area contributed by atoms with E-state index in [0.29, 0.717) is 12.5 Å². The first-order valence-electron chi connectivity index (χ1n) is 16.4. The Hall–Kier alpha value is 1.08. The van der Waals surface area contributed by atoms with Crippen molar-refractivity contribution in [2.24, 2.45) is 0 Å². The van der Waals surface area contributed by atoms with E-state index in [1.807, 2.05) is 6.92 Å². The van der Waals surface area contributed by atoms with Crippen molar-refractivity contribution in [3.63, 3.8) is 0 Å². The number of hydrogen-bond acceptors (Lipinski definition) is 13. The van der Waals surface area contributed by atoms with E-state index in [4.69, 9.17) is 21.5 Å². The van der Waals surface area contributed by atoms with Crippen LogP contribution in [0.15, 0.2) is 0 Å². The van der Waals surface area contributed by atoms with Crippen LogP contribution in [-0.2, 0) is 44.3 Å². The summed E-state index contributed by atoms with van der Waals surface area (Å²) in [4.78, 5) is 96.6. The largest absolute Gasteiger partial charge is 0.493 e. The summed E-state index contributed by atoms with van der Waals surface area (Å²) in [7, 11) is -29.9. The van der Waals surface area contributed by atoms with Crippen molar-refractivity contribution in [2.45, 2.75) is 69.8 Å². The molecule has 0 aromatic rings. The fraction of sp³-hybridized carbons (Fsp3) is 1.00. The summed E-state index contributed by atoms with van der Waals surface area (Å²) in [5.41, 5.74) is 0. The standard InChI is InChI=1S/C22H60N3O20P5Si3/c1-6-7-16-52(41-2,42-3)45-53(43-4,17-8-11-23-18-46(26,27)28)44-51(5,14-9-12-24(19-47(29,30)31)20-48(32,33)34)15-10-13-25(21-49(35,36)37)22-50(38,39)40/h23H,6-22H2,1-5H3,(H2,26,27,28)(H2,29,30,31)(H2,32,33,34)(H2,35,36,37)(H2,38,39,40). The molecule has 0 saturated carbocycles. The maximum Gasteiger partial charge on any atom is 0.493 e. The van der Waals surface area contributed by atoms with Gasteiger partial charge in [-0.1, -0.05) is 13.3 Å². The number of rotatable bonds is 32. The molecular formula is C22H60N3O20P5Si3. The van der Waals surface area contributed by atoms with Gasteiger partial charge in [0.2, 0.25) is 0 Å². The second-order valence-electron chi connectivity index (χ2n) is 12.9. The molecule has 1 atom stereocenters. The van der Waals surface area contributed by atoms with E-state index in [1.54, 1.807) is 6.55 Å². The van der Waals surface area contributed by atoms with Crippen molar-refractivity contribution in [1.82, 2.24) is 15.1 Å². The van der Waals surface area contributed by atoms with Gasteiger partial charge in [-0.3, -0.25) is 32.6 Å². The molecule has 1 unspecified atom stereocenters. The average molecular weight is 926 g/mol. The highest BCUT2D eigenvalue weighted by Crippen LogP contribution is 2.43. The molecule has 0 fully saturated rings. The highest BCUT2D eigenvalue weighted by atomic mass is 31.2.